The monoisotopic (exact) mass is 392 g/mol. The second-order valence-electron chi connectivity index (χ2n) is 7.67. The van der Waals surface area contributed by atoms with E-state index in [0.717, 1.165) is 34.1 Å². The number of fused-ring (bicyclic) bond motifs is 9. The minimum Gasteiger partial charge on any atom is -0.497 e. The number of hydrogen-bond donors (Lipinski definition) is 0. The van der Waals surface area contributed by atoms with Crippen LogP contribution in [-0.4, -0.2) is 14.2 Å². The lowest BCUT2D eigenvalue weighted by Crippen LogP contribution is -2.32. The van der Waals surface area contributed by atoms with Gasteiger partial charge in [0.1, 0.15) is 23.0 Å². The molecule has 1 aliphatic carbocycles. The highest BCUT2D eigenvalue weighted by molar-refractivity contribution is 5.89. The summed E-state index contributed by atoms with van der Waals surface area (Å²) in [6.45, 7) is 0. The molecular weight excluding hydrogens is 372 g/mol. The van der Waals surface area contributed by atoms with Gasteiger partial charge in [-0.15, -0.1) is 0 Å². The summed E-state index contributed by atoms with van der Waals surface area (Å²) in [5.41, 5.74) is 6.58. The number of ether oxygens (including phenoxy) is 3. The average Bonchev–Trinajstić information content (AvgIpc) is 3.09. The molecule has 2 aliphatic rings. The first-order chi connectivity index (χ1) is 14.8. The van der Waals surface area contributed by atoms with Crippen LogP contribution in [0.3, 0.4) is 0 Å². The molecule has 0 aromatic heterocycles. The van der Waals surface area contributed by atoms with Crippen molar-refractivity contribution in [3.63, 3.8) is 0 Å². The SMILES string of the molecule is COc1ccc2c(c1)C1(c3ccccc3Oc3ccccc31)c1cc(OC)ccc1-2. The summed E-state index contributed by atoms with van der Waals surface area (Å²) in [5.74, 6) is 3.44. The van der Waals surface area contributed by atoms with Crippen molar-refractivity contribution in [2.45, 2.75) is 5.41 Å². The van der Waals surface area contributed by atoms with Crippen LogP contribution in [0.15, 0.2) is 84.9 Å². The molecule has 0 atom stereocenters. The Bertz CT molecular complexity index is 1200. The van der Waals surface area contributed by atoms with E-state index in [-0.39, 0.29) is 0 Å². The van der Waals surface area contributed by atoms with E-state index in [1.165, 1.54) is 22.3 Å². The second kappa shape index (κ2) is 6.14. The number of hydrogen-bond acceptors (Lipinski definition) is 3. The molecular formula is C27H20O3. The standard InChI is InChI=1S/C27H20O3/c1-28-17-11-13-19-20-14-12-18(29-2)16-24(20)27(23(19)15-17)21-7-3-5-9-25(21)30-26-10-6-4-8-22(26)27/h3-16H,1-2H3. The molecule has 0 amide bonds. The fourth-order valence-corrected chi connectivity index (χ4v) is 5.11. The van der Waals surface area contributed by atoms with Crippen molar-refractivity contribution in [1.29, 1.82) is 0 Å². The molecule has 30 heavy (non-hydrogen) atoms. The molecule has 3 nitrogen and oxygen atoms in total. The van der Waals surface area contributed by atoms with Crippen LogP contribution in [-0.2, 0) is 5.41 Å². The first-order valence-electron chi connectivity index (χ1n) is 10.0. The third-order valence-corrected chi connectivity index (χ3v) is 6.35. The fourth-order valence-electron chi connectivity index (χ4n) is 5.11. The molecule has 0 radical (unpaired) electrons. The van der Waals surface area contributed by atoms with Crippen LogP contribution in [0.2, 0.25) is 0 Å². The predicted molar refractivity (Wildman–Crippen MR) is 117 cm³/mol. The van der Waals surface area contributed by atoms with Crippen molar-refractivity contribution in [3.8, 4) is 34.1 Å². The normalized spacial score (nSPS) is 14.2. The number of benzene rings is 4. The Morgan fingerprint density at radius 1 is 0.567 bits per heavy atom. The molecule has 4 aromatic carbocycles. The molecule has 1 heterocycles. The zero-order chi connectivity index (χ0) is 20.3. The lowest BCUT2D eigenvalue weighted by atomic mass is 9.66. The molecule has 146 valence electrons. The van der Waals surface area contributed by atoms with Crippen molar-refractivity contribution in [2.24, 2.45) is 0 Å². The molecule has 0 fully saturated rings. The van der Waals surface area contributed by atoms with Gasteiger partial charge in [-0.2, -0.15) is 0 Å². The molecule has 0 N–H and O–H groups in total. The van der Waals surface area contributed by atoms with Crippen LogP contribution in [0.4, 0.5) is 0 Å². The van der Waals surface area contributed by atoms with Gasteiger partial charge in [0.15, 0.2) is 0 Å². The third-order valence-electron chi connectivity index (χ3n) is 6.35. The van der Waals surface area contributed by atoms with Crippen molar-refractivity contribution < 1.29 is 14.2 Å². The Morgan fingerprint density at radius 2 is 1.03 bits per heavy atom. The van der Waals surface area contributed by atoms with Crippen molar-refractivity contribution in [1.82, 2.24) is 0 Å². The van der Waals surface area contributed by atoms with Crippen molar-refractivity contribution >= 4 is 0 Å². The molecule has 0 saturated carbocycles. The van der Waals surface area contributed by atoms with Gasteiger partial charge in [-0.1, -0.05) is 48.5 Å². The van der Waals surface area contributed by atoms with Crippen LogP contribution < -0.4 is 14.2 Å². The minimum absolute atomic E-state index is 0.501. The Hall–Kier alpha value is -3.72. The van der Waals surface area contributed by atoms with E-state index in [4.69, 9.17) is 14.2 Å². The Morgan fingerprint density at radius 3 is 1.50 bits per heavy atom. The molecule has 0 saturated heterocycles. The van der Waals surface area contributed by atoms with E-state index in [2.05, 4.69) is 48.5 Å². The van der Waals surface area contributed by atoms with Gasteiger partial charge in [0.25, 0.3) is 0 Å². The highest BCUT2D eigenvalue weighted by Gasteiger charge is 2.51. The summed E-state index contributed by atoms with van der Waals surface area (Å²) in [6.07, 6.45) is 0. The van der Waals surface area contributed by atoms with Crippen LogP contribution in [0.25, 0.3) is 11.1 Å². The van der Waals surface area contributed by atoms with Gasteiger partial charge in [0.05, 0.1) is 19.6 Å². The minimum atomic E-state index is -0.501. The summed E-state index contributed by atoms with van der Waals surface area (Å²) in [7, 11) is 3.43. The van der Waals surface area contributed by atoms with Crippen molar-refractivity contribution in [3.05, 3.63) is 107 Å². The summed E-state index contributed by atoms with van der Waals surface area (Å²) in [6, 6.07) is 29.4. The van der Waals surface area contributed by atoms with Gasteiger partial charge in [-0.05, 0) is 58.7 Å². The van der Waals surface area contributed by atoms with Crippen LogP contribution in [0.5, 0.6) is 23.0 Å². The van der Waals surface area contributed by atoms with Crippen LogP contribution >= 0.6 is 0 Å². The Balaban J connectivity index is 1.83. The first-order valence-corrected chi connectivity index (χ1v) is 10.0. The predicted octanol–water partition coefficient (Wildman–Crippen LogP) is 6.17. The summed E-state index contributed by atoms with van der Waals surface area (Å²) in [5, 5.41) is 0. The van der Waals surface area contributed by atoms with E-state index in [0.29, 0.717) is 0 Å². The Labute approximate surface area is 175 Å². The fraction of sp³-hybridized carbons (Fsp3) is 0.111. The molecule has 3 heteroatoms. The van der Waals surface area contributed by atoms with Gasteiger partial charge in [-0.25, -0.2) is 0 Å². The van der Waals surface area contributed by atoms with Crippen LogP contribution in [0, 0.1) is 0 Å². The summed E-state index contributed by atoms with van der Waals surface area (Å²) < 4.78 is 17.6. The molecule has 0 unspecified atom stereocenters. The van der Waals surface area contributed by atoms with Crippen LogP contribution in [0.1, 0.15) is 22.3 Å². The van der Waals surface area contributed by atoms with E-state index < -0.39 is 5.41 Å². The zero-order valence-corrected chi connectivity index (χ0v) is 16.8. The second-order valence-corrected chi connectivity index (χ2v) is 7.67. The molecule has 4 aromatic rings. The van der Waals surface area contributed by atoms with Gasteiger partial charge >= 0.3 is 0 Å². The van der Waals surface area contributed by atoms with E-state index in [1.807, 2.05) is 36.4 Å². The third kappa shape index (κ3) is 2.04. The maximum Gasteiger partial charge on any atom is 0.132 e. The smallest absolute Gasteiger partial charge is 0.132 e. The summed E-state index contributed by atoms with van der Waals surface area (Å²) >= 11 is 0. The molecule has 1 spiro atoms. The quantitative estimate of drug-likeness (QED) is 0.353. The highest BCUT2D eigenvalue weighted by Crippen LogP contribution is 2.62. The lowest BCUT2D eigenvalue weighted by Gasteiger charge is -2.39. The summed E-state index contributed by atoms with van der Waals surface area (Å²) in [4.78, 5) is 0. The number of methoxy groups -OCH3 is 2. The number of rotatable bonds is 2. The molecule has 6 rings (SSSR count). The number of para-hydroxylation sites is 2. The highest BCUT2D eigenvalue weighted by atomic mass is 16.5. The van der Waals surface area contributed by atoms with Gasteiger partial charge in [-0.3, -0.25) is 0 Å². The van der Waals surface area contributed by atoms with Crippen molar-refractivity contribution in [2.75, 3.05) is 14.2 Å². The zero-order valence-electron chi connectivity index (χ0n) is 16.8. The van der Waals surface area contributed by atoms with E-state index in [9.17, 15) is 0 Å². The molecule has 0 bridgehead atoms. The maximum atomic E-state index is 6.34. The molecule has 1 aliphatic heterocycles. The van der Waals surface area contributed by atoms with Gasteiger partial charge in [0.2, 0.25) is 0 Å². The first kappa shape index (κ1) is 17.2. The van der Waals surface area contributed by atoms with Gasteiger partial charge < -0.3 is 14.2 Å². The van der Waals surface area contributed by atoms with E-state index >= 15 is 0 Å². The van der Waals surface area contributed by atoms with E-state index in [1.54, 1.807) is 14.2 Å². The average molecular weight is 392 g/mol. The lowest BCUT2D eigenvalue weighted by molar-refractivity contribution is 0.410. The Kier molecular flexibility index (Phi) is 3.51. The maximum absolute atomic E-state index is 6.34. The van der Waals surface area contributed by atoms with Gasteiger partial charge in [0, 0.05) is 11.1 Å². The topological polar surface area (TPSA) is 27.7 Å². The largest absolute Gasteiger partial charge is 0.497 e.